The second-order valence-corrected chi connectivity index (χ2v) is 6.25. The van der Waals surface area contributed by atoms with Gasteiger partial charge in [0.1, 0.15) is 0 Å². The summed E-state index contributed by atoms with van der Waals surface area (Å²) in [5.74, 6) is 0. The normalized spacial score (nSPS) is 23.4. The molecule has 1 atom stereocenters. The molecule has 2 saturated heterocycles. The number of carbonyl (C=O) groups excluding carboxylic acids is 1. The Labute approximate surface area is 121 Å². The minimum atomic E-state index is 0.101. The lowest BCUT2D eigenvalue weighted by Gasteiger charge is -2.36. The van der Waals surface area contributed by atoms with Crippen LogP contribution in [0, 0.1) is 6.92 Å². The maximum absolute atomic E-state index is 11.6. The average molecular weight is 324 g/mol. The van der Waals surface area contributed by atoms with Crippen LogP contribution < -0.4 is 5.32 Å². The van der Waals surface area contributed by atoms with E-state index in [9.17, 15) is 4.79 Å². The van der Waals surface area contributed by atoms with E-state index in [0.717, 1.165) is 37.2 Å². The molecule has 1 aromatic carbocycles. The highest BCUT2D eigenvalue weighted by atomic mass is 79.9. The van der Waals surface area contributed by atoms with Gasteiger partial charge in [-0.3, -0.25) is 4.90 Å². The summed E-state index contributed by atoms with van der Waals surface area (Å²) in [5.41, 5.74) is 2.69. The quantitative estimate of drug-likeness (QED) is 0.903. The zero-order valence-corrected chi connectivity index (χ0v) is 12.6. The maximum atomic E-state index is 11.6. The van der Waals surface area contributed by atoms with Gasteiger partial charge in [-0.15, -0.1) is 0 Å². The van der Waals surface area contributed by atoms with E-state index in [1.165, 1.54) is 11.1 Å². The van der Waals surface area contributed by atoms with Crippen molar-refractivity contribution in [2.24, 2.45) is 0 Å². The molecular weight excluding hydrogens is 306 g/mol. The van der Waals surface area contributed by atoms with Crippen LogP contribution in [0.15, 0.2) is 22.7 Å². The average Bonchev–Trinajstić information content (AvgIpc) is 2.74. The lowest BCUT2D eigenvalue weighted by Crippen LogP contribution is -2.51. The first-order valence-electron chi connectivity index (χ1n) is 6.65. The fraction of sp³-hybridized carbons (Fsp3) is 0.500. The highest BCUT2D eigenvalue weighted by molar-refractivity contribution is 9.10. The molecule has 3 rings (SSSR count). The number of fused-ring (bicyclic) bond motifs is 1. The van der Waals surface area contributed by atoms with Crippen molar-refractivity contribution in [1.29, 1.82) is 0 Å². The highest BCUT2D eigenvalue weighted by Crippen LogP contribution is 2.20. The molecule has 4 nitrogen and oxygen atoms in total. The van der Waals surface area contributed by atoms with Crippen LogP contribution in [-0.2, 0) is 6.54 Å². The third-order valence-corrected chi connectivity index (χ3v) is 4.51. The number of rotatable bonds is 2. The molecule has 0 radical (unpaired) electrons. The molecule has 1 N–H and O–H groups in total. The Bertz CT molecular complexity index is 505. The number of benzene rings is 1. The fourth-order valence-electron chi connectivity index (χ4n) is 2.89. The number of hydrogen-bond donors (Lipinski definition) is 1. The van der Waals surface area contributed by atoms with Crippen LogP contribution in [0.3, 0.4) is 0 Å². The summed E-state index contributed by atoms with van der Waals surface area (Å²) in [6, 6.07) is 6.89. The molecule has 2 fully saturated rings. The van der Waals surface area contributed by atoms with E-state index in [-0.39, 0.29) is 6.03 Å². The lowest BCUT2D eigenvalue weighted by molar-refractivity contribution is 0.116. The summed E-state index contributed by atoms with van der Waals surface area (Å²) < 4.78 is 1.13. The van der Waals surface area contributed by atoms with Crippen molar-refractivity contribution in [3.63, 3.8) is 0 Å². The topological polar surface area (TPSA) is 35.6 Å². The smallest absolute Gasteiger partial charge is 0.317 e. The van der Waals surface area contributed by atoms with Gasteiger partial charge in [0.15, 0.2) is 0 Å². The molecular formula is C14H18BrN3O. The predicted molar refractivity (Wildman–Crippen MR) is 78.0 cm³/mol. The van der Waals surface area contributed by atoms with Gasteiger partial charge in [0.05, 0.1) is 6.04 Å². The van der Waals surface area contributed by atoms with Gasteiger partial charge in [-0.05, 0) is 30.2 Å². The first-order chi connectivity index (χ1) is 9.13. The number of urea groups is 1. The van der Waals surface area contributed by atoms with Gasteiger partial charge in [-0.1, -0.05) is 22.0 Å². The monoisotopic (exact) mass is 323 g/mol. The molecule has 1 aromatic rings. The van der Waals surface area contributed by atoms with Crippen LogP contribution in [0.25, 0.3) is 0 Å². The van der Waals surface area contributed by atoms with Crippen molar-refractivity contribution in [2.45, 2.75) is 19.5 Å². The van der Waals surface area contributed by atoms with E-state index < -0.39 is 0 Å². The highest BCUT2D eigenvalue weighted by Gasteiger charge is 2.35. The summed E-state index contributed by atoms with van der Waals surface area (Å²) >= 11 is 3.50. The Kier molecular flexibility index (Phi) is 3.50. The zero-order valence-electron chi connectivity index (χ0n) is 11.0. The van der Waals surface area contributed by atoms with Gasteiger partial charge in [-0.2, -0.15) is 0 Å². The maximum Gasteiger partial charge on any atom is 0.317 e. The zero-order chi connectivity index (χ0) is 13.4. The van der Waals surface area contributed by atoms with Gasteiger partial charge in [0, 0.05) is 37.2 Å². The summed E-state index contributed by atoms with van der Waals surface area (Å²) in [7, 11) is 0. The summed E-state index contributed by atoms with van der Waals surface area (Å²) in [5, 5.41) is 2.92. The van der Waals surface area contributed by atoms with Crippen LogP contribution in [0.1, 0.15) is 11.1 Å². The third kappa shape index (κ3) is 2.62. The van der Waals surface area contributed by atoms with E-state index in [1.54, 1.807) is 0 Å². The molecule has 5 heteroatoms. The van der Waals surface area contributed by atoms with Gasteiger partial charge < -0.3 is 10.2 Å². The lowest BCUT2D eigenvalue weighted by atomic mass is 10.1. The van der Waals surface area contributed by atoms with Crippen LogP contribution >= 0.6 is 15.9 Å². The Morgan fingerprint density at radius 3 is 3.05 bits per heavy atom. The van der Waals surface area contributed by atoms with Crippen LogP contribution in [0.5, 0.6) is 0 Å². The number of nitrogens with one attached hydrogen (secondary N) is 1. The molecule has 0 saturated carbocycles. The summed E-state index contributed by atoms with van der Waals surface area (Å²) in [6.07, 6.45) is 0. The van der Waals surface area contributed by atoms with E-state index >= 15 is 0 Å². The fourth-order valence-corrected chi connectivity index (χ4v) is 3.37. The predicted octanol–water partition coefficient (Wildman–Crippen LogP) is 1.97. The molecule has 2 heterocycles. The molecule has 2 aliphatic heterocycles. The van der Waals surface area contributed by atoms with Crippen molar-refractivity contribution in [2.75, 3.05) is 26.2 Å². The standard InChI is InChI=1S/C14H18BrN3O/c1-10-6-12(15)3-2-11(10)8-17-4-5-18-13(9-17)7-16-14(18)19/h2-3,6,13H,4-5,7-9H2,1H3,(H,16,19). The van der Waals surface area contributed by atoms with Gasteiger partial charge >= 0.3 is 6.03 Å². The van der Waals surface area contributed by atoms with E-state index in [2.05, 4.69) is 51.3 Å². The summed E-state index contributed by atoms with van der Waals surface area (Å²) in [4.78, 5) is 16.0. The molecule has 1 unspecified atom stereocenters. The minimum Gasteiger partial charge on any atom is -0.336 e. The first-order valence-corrected chi connectivity index (χ1v) is 7.44. The SMILES string of the molecule is Cc1cc(Br)ccc1CN1CCN2C(=O)NCC2C1. The van der Waals surface area contributed by atoms with Gasteiger partial charge in [0.2, 0.25) is 0 Å². The molecule has 2 aliphatic rings. The van der Waals surface area contributed by atoms with Crippen LogP contribution in [0.2, 0.25) is 0 Å². The Balaban J connectivity index is 1.66. The third-order valence-electron chi connectivity index (χ3n) is 4.02. The molecule has 2 amide bonds. The van der Waals surface area contributed by atoms with Gasteiger partial charge in [0.25, 0.3) is 0 Å². The van der Waals surface area contributed by atoms with Crippen molar-refractivity contribution in [1.82, 2.24) is 15.1 Å². The largest absolute Gasteiger partial charge is 0.336 e. The second-order valence-electron chi connectivity index (χ2n) is 5.34. The molecule has 19 heavy (non-hydrogen) atoms. The molecule has 0 spiro atoms. The second kappa shape index (κ2) is 5.13. The number of amides is 2. The van der Waals surface area contributed by atoms with Crippen LogP contribution in [-0.4, -0.2) is 48.1 Å². The number of carbonyl (C=O) groups is 1. The molecule has 0 bridgehead atoms. The molecule has 0 aliphatic carbocycles. The number of piperazine rings is 1. The number of nitrogens with zero attached hydrogens (tertiary/aromatic N) is 2. The van der Waals surface area contributed by atoms with Crippen molar-refractivity contribution < 1.29 is 4.79 Å². The number of hydrogen-bond acceptors (Lipinski definition) is 2. The van der Waals surface area contributed by atoms with E-state index in [0.29, 0.717) is 6.04 Å². The first kappa shape index (κ1) is 12.9. The van der Waals surface area contributed by atoms with E-state index in [1.807, 2.05) is 4.90 Å². The Hall–Kier alpha value is -1.07. The van der Waals surface area contributed by atoms with Crippen molar-refractivity contribution in [3.8, 4) is 0 Å². The Morgan fingerprint density at radius 1 is 1.42 bits per heavy atom. The number of aryl methyl sites for hydroxylation is 1. The Morgan fingerprint density at radius 2 is 2.26 bits per heavy atom. The molecule has 0 aromatic heterocycles. The van der Waals surface area contributed by atoms with Crippen molar-refractivity contribution in [3.05, 3.63) is 33.8 Å². The number of halogens is 1. The van der Waals surface area contributed by atoms with Crippen LogP contribution in [0.4, 0.5) is 4.79 Å². The summed E-state index contributed by atoms with van der Waals surface area (Å²) in [6.45, 7) is 6.67. The van der Waals surface area contributed by atoms with Gasteiger partial charge in [-0.25, -0.2) is 4.79 Å². The van der Waals surface area contributed by atoms with Crippen molar-refractivity contribution >= 4 is 22.0 Å². The van der Waals surface area contributed by atoms with E-state index in [4.69, 9.17) is 0 Å². The minimum absolute atomic E-state index is 0.101. The molecule has 102 valence electrons.